The summed E-state index contributed by atoms with van der Waals surface area (Å²) >= 11 is 1.61. The van der Waals surface area contributed by atoms with Crippen molar-refractivity contribution in [1.82, 2.24) is 10.6 Å². The second-order valence-corrected chi connectivity index (χ2v) is 3.99. The minimum atomic E-state index is -0.595. The van der Waals surface area contributed by atoms with E-state index < -0.39 is 18.0 Å². The van der Waals surface area contributed by atoms with Gasteiger partial charge >= 0.3 is 12.0 Å². The third-order valence-corrected chi connectivity index (χ3v) is 2.45. The van der Waals surface area contributed by atoms with E-state index in [1.165, 1.54) is 7.11 Å². The smallest absolute Gasteiger partial charge is 0.328 e. The molecule has 0 saturated carbocycles. The van der Waals surface area contributed by atoms with E-state index in [-0.39, 0.29) is 0 Å². The number of hydrogen-bond acceptors (Lipinski definition) is 4. The molecule has 0 unspecified atom stereocenters. The highest BCUT2D eigenvalue weighted by molar-refractivity contribution is 7.98. The molecule has 0 fully saturated rings. The predicted molar refractivity (Wildman–Crippen MR) is 65.5 cm³/mol. The molecule has 0 aromatic heterocycles. The molecule has 16 heavy (non-hydrogen) atoms. The summed E-state index contributed by atoms with van der Waals surface area (Å²) < 4.78 is 4.60. The number of methoxy groups -OCH3 is 1. The molecular formula is C10H18N2O3S. The van der Waals surface area contributed by atoms with Gasteiger partial charge in [0.25, 0.3) is 0 Å². The zero-order valence-electron chi connectivity index (χ0n) is 9.62. The van der Waals surface area contributed by atoms with Gasteiger partial charge in [0.15, 0.2) is 0 Å². The minimum Gasteiger partial charge on any atom is -0.467 e. The van der Waals surface area contributed by atoms with E-state index in [0.29, 0.717) is 13.0 Å². The second kappa shape index (κ2) is 9.08. The van der Waals surface area contributed by atoms with E-state index in [0.717, 1.165) is 5.75 Å². The molecule has 0 aliphatic carbocycles. The first-order chi connectivity index (χ1) is 7.65. The molecule has 0 spiro atoms. The Morgan fingerprint density at radius 2 is 2.25 bits per heavy atom. The first-order valence-electron chi connectivity index (χ1n) is 4.87. The number of hydrogen-bond donors (Lipinski definition) is 2. The summed E-state index contributed by atoms with van der Waals surface area (Å²) in [6.45, 7) is 3.84. The Morgan fingerprint density at radius 3 is 2.75 bits per heavy atom. The zero-order chi connectivity index (χ0) is 12.4. The van der Waals surface area contributed by atoms with Gasteiger partial charge in [-0.1, -0.05) is 6.08 Å². The van der Waals surface area contributed by atoms with Gasteiger partial charge in [-0.05, 0) is 18.4 Å². The van der Waals surface area contributed by atoms with Gasteiger partial charge in [0.05, 0.1) is 7.11 Å². The first-order valence-corrected chi connectivity index (χ1v) is 6.27. The molecule has 2 N–H and O–H groups in total. The third-order valence-electron chi connectivity index (χ3n) is 1.81. The lowest BCUT2D eigenvalue weighted by atomic mass is 10.2. The van der Waals surface area contributed by atoms with Crippen LogP contribution in [0, 0.1) is 0 Å². The van der Waals surface area contributed by atoms with Gasteiger partial charge in [-0.2, -0.15) is 11.8 Å². The van der Waals surface area contributed by atoms with Crippen molar-refractivity contribution in [2.24, 2.45) is 0 Å². The van der Waals surface area contributed by atoms with Crippen LogP contribution in [-0.4, -0.2) is 43.7 Å². The SMILES string of the molecule is C=CCNC(=O)N[C@H](CCSC)C(=O)OC. The van der Waals surface area contributed by atoms with Gasteiger partial charge in [0, 0.05) is 6.54 Å². The average Bonchev–Trinajstić information content (AvgIpc) is 2.30. The molecular weight excluding hydrogens is 228 g/mol. The maximum atomic E-state index is 11.3. The van der Waals surface area contributed by atoms with Crippen LogP contribution in [0.4, 0.5) is 4.79 Å². The zero-order valence-corrected chi connectivity index (χ0v) is 10.4. The Balaban J connectivity index is 4.13. The minimum absolute atomic E-state index is 0.363. The van der Waals surface area contributed by atoms with Gasteiger partial charge in [-0.3, -0.25) is 0 Å². The van der Waals surface area contributed by atoms with E-state index in [1.807, 2.05) is 6.26 Å². The number of ether oxygens (including phenoxy) is 1. The van der Waals surface area contributed by atoms with E-state index in [9.17, 15) is 9.59 Å². The summed E-state index contributed by atoms with van der Waals surface area (Å²) in [5.41, 5.74) is 0. The summed E-state index contributed by atoms with van der Waals surface area (Å²) in [4.78, 5) is 22.6. The summed E-state index contributed by atoms with van der Waals surface area (Å²) in [7, 11) is 1.30. The van der Waals surface area contributed by atoms with Crippen molar-refractivity contribution < 1.29 is 14.3 Å². The van der Waals surface area contributed by atoms with Crippen molar-refractivity contribution in [3.05, 3.63) is 12.7 Å². The standard InChI is InChI=1S/C10H18N2O3S/c1-4-6-11-10(14)12-8(5-7-16-3)9(13)15-2/h4,8H,1,5-7H2,2-3H3,(H2,11,12,14)/t8-/m1/s1. The molecule has 92 valence electrons. The van der Waals surface area contributed by atoms with E-state index >= 15 is 0 Å². The van der Waals surface area contributed by atoms with Crippen LogP contribution in [-0.2, 0) is 9.53 Å². The maximum absolute atomic E-state index is 11.3. The molecule has 0 rings (SSSR count). The Morgan fingerprint density at radius 1 is 1.56 bits per heavy atom. The number of amides is 2. The lowest BCUT2D eigenvalue weighted by Gasteiger charge is -2.15. The van der Waals surface area contributed by atoms with Gasteiger partial charge in [-0.25, -0.2) is 9.59 Å². The monoisotopic (exact) mass is 246 g/mol. The summed E-state index contributed by atoms with van der Waals surface area (Å²) in [5.74, 6) is 0.351. The van der Waals surface area contributed by atoms with E-state index in [1.54, 1.807) is 17.8 Å². The predicted octanol–water partition coefficient (Wildman–Crippen LogP) is 0.766. The number of esters is 1. The van der Waals surface area contributed by atoms with Crippen molar-refractivity contribution >= 4 is 23.8 Å². The maximum Gasteiger partial charge on any atom is 0.328 e. The fourth-order valence-corrected chi connectivity index (χ4v) is 1.47. The van der Waals surface area contributed by atoms with Crippen molar-refractivity contribution in [2.45, 2.75) is 12.5 Å². The fraction of sp³-hybridized carbons (Fsp3) is 0.600. The van der Waals surface area contributed by atoms with Crippen molar-refractivity contribution in [3.63, 3.8) is 0 Å². The van der Waals surface area contributed by atoms with Gasteiger partial charge in [0.2, 0.25) is 0 Å². The molecule has 2 amide bonds. The van der Waals surface area contributed by atoms with Crippen LogP contribution in [0.2, 0.25) is 0 Å². The average molecular weight is 246 g/mol. The largest absolute Gasteiger partial charge is 0.467 e. The molecule has 0 heterocycles. The fourth-order valence-electron chi connectivity index (χ4n) is 1.00. The normalized spacial score (nSPS) is 11.4. The van der Waals surface area contributed by atoms with E-state index in [2.05, 4.69) is 21.9 Å². The number of nitrogens with one attached hydrogen (secondary N) is 2. The Bertz CT molecular complexity index is 246. The Kier molecular flexibility index (Phi) is 8.42. The van der Waals surface area contributed by atoms with Crippen LogP contribution in [0.1, 0.15) is 6.42 Å². The van der Waals surface area contributed by atoms with Crippen LogP contribution in [0.15, 0.2) is 12.7 Å². The molecule has 0 saturated heterocycles. The highest BCUT2D eigenvalue weighted by Gasteiger charge is 2.20. The molecule has 0 aliphatic rings. The molecule has 0 aromatic carbocycles. The summed E-state index contributed by atoms with van der Waals surface area (Å²) in [5, 5.41) is 5.09. The van der Waals surface area contributed by atoms with Crippen LogP contribution < -0.4 is 10.6 Å². The Labute approximate surface area is 100.0 Å². The van der Waals surface area contributed by atoms with E-state index in [4.69, 9.17) is 0 Å². The quantitative estimate of drug-likeness (QED) is 0.514. The van der Waals surface area contributed by atoms with Crippen LogP contribution in [0.25, 0.3) is 0 Å². The van der Waals surface area contributed by atoms with Gasteiger partial charge in [0.1, 0.15) is 6.04 Å². The van der Waals surface area contributed by atoms with Crippen LogP contribution in [0.3, 0.4) is 0 Å². The first kappa shape index (κ1) is 14.8. The molecule has 0 aromatic rings. The lowest BCUT2D eigenvalue weighted by Crippen LogP contribution is -2.46. The van der Waals surface area contributed by atoms with Crippen LogP contribution in [0.5, 0.6) is 0 Å². The molecule has 0 aliphatic heterocycles. The van der Waals surface area contributed by atoms with Gasteiger partial charge in [-0.15, -0.1) is 6.58 Å². The Hall–Kier alpha value is -1.17. The topological polar surface area (TPSA) is 67.4 Å². The number of rotatable bonds is 7. The third kappa shape index (κ3) is 6.34. The van der Waals surface area contributed by atoms with Gasteiger partial charge < -0.3 is 15.4 Å². The molecule has 0 radical (unpaired) electrons. The number of carbonyl (C=O) groups excluding carboxylic acids is 2. The summed E-state index contributed by atoms with van der Waals surface area (Å²) in [6.07, 6.45) is 4.05. The highest BCUT2D eigenvalue weighted by Crippen LogP contribution is 2.02. The highest BCUT2D eigenvalue weighted by atomic mass is 32.2. The van der Waals surface area contributed by atoms with Crippen molar-refractivity contribution in [3.8, 4) is 0 Å². The molecule has 6 heteroatoms. The lowest BCUT2D eigenvalue weighted by molar-refractivity contribution is -0.142. The van der Waals surface area contributed by atoms with Crippen molar-refractivity contribution in [2.75, 3.05) is 25.7 Å². The summed E-state index contributed by atoms with van der Waals surface area (Å²) in [6, 6.07) is -0.987. The molecule has 0 bridgehead atoms. The molecule has 5 nitrogen and oxygen atoms in total. The number of carbonyl (C=O) groups is 2. The van der Waals surface area contributed by atoms with Crippen LogP contribution >= 0.6 is 11.8 Å². The van der Waals surface area contributed by atoms with Crippen molar-refractivity contribution in [1.29, 1.82) is 0 Å². The molecule has 1 atom stereocenters. The number of thioether (sulfide) groups is 1. The number of urea groups is 1. The second-order valence-electron chi connectivity index (χ2n) is 3.00.